The maximum atomic E-state index is 11.9. The Bertz CT molecular complexity index is 450. The van der Waals surface area contributed by atoms with Gasteiger partial charge in [0.2, 0.25) is 0 Å². The highest BCUT2D eigenvalue weighted by Gasteiger charge is 2.25. The number of esters is 1. The minimum Gasteiger partial charge on any atom is -0.426 e. The molecule has 1 aliphatic carbocycles. The zero-order chi connectivity index (χ0) is 13.0. The Hall–Kier alpha value is -1.82. The smallest absolute Gasteiger partial charge is 0.314 e. The van der Waals surface area contributed by atoms with Crippen molar-refractivity contribution in [3.8, 4) is 11.8 Å². The average molecular weight is 243 g/mol. The molecule has 0 bridgehead atoms. The molecule has 1 fully saturated rings. The zero-order valence-corrected chi connectivity index (χ0v) is 10.6. The molecule has 94 valence electrons. The number of hydrogen-bond donors (Lipinski definition) is 0. The molecule has 18 heavy (non-hydrogen) atoms. The van der Waals surface area contributed by atoms with Crippen LogP contribution in [0.2, 0.25) is 0 Å². The largest absolute Gasteiger partial charge is 0.426 e. The quantitative estimate of drug-likeness (QED) is 0.591. The Kier molecular flexibility index (Phi) is 3.99. The van der Waals surface area contributed by atoms with Crippen LogP contribution in [0, 0.1) is 23.2 Å². The van der Waals surface area contributed by atoms with Gasteiger partial charge in [0.1, 0.15) is 5.75 Å². The van der Waals surface area contributed by atoms with Crippen LogP contribution in [0.25, 0.3) is 0 Å². The monoisotopic (exact) mass is 243 g/mol. The maximum absolute atomic E-state index is 11.9. The number of rotatable bonds is 2. The van der Waals surface area contributed by atoms with E-state index in [9.17, 15) is 4.79 Å². The number of carbonyl (C=O) groups excluding carboxylic acids is 1. The summed E-state index contributed by atoms with van der Waals surface area (Å²) in [4.78, 5) is 11.9. The van der Waals surface area contributed by atoms with E-state index in [0.717, 1.165) is 31.6 Å². The summed E-state index contributed by atoms with van der Waals surface area (Å²) in [5.41, 5.74) is 0.571. The Morgan fingerprint density at radius 1 is 1.22 bits per heavy atom. The first-order valence-electron chi connectivity index (χ1n) is 6.41. The Morgan fingerprint density at radius 3 is 2.39 bits per heavy atom. The lowest BCUT2D eigenvalue weighted by atomic mass is 9.83. The van der Waals surface area contributed by atoms with Crippen LogP contribution in [0.1, 0.15) is 38.2 Å². The second-order valence-corrected chi connectivity index (χ2v) is 5.01. The van der Waals surface area contributed by atoms with Gasteiger partial charge in [-0.2, -0.15) is 5.26 Å². The lowest BCUT2D eigenvalue weighted by molar-refractivity contribution is -0.140. The topological polar surface area (TPSA) is 50.1 Å². The van der Waals surface area contributed by atoms with Crippen molar-refractivity contribution in [2.75, 3.05) is 0 Å². The Balaban J connectivity index is 1.92. The van der Waals surface area contributed by atoms with Crippen molar-refractivity contribution in [3.05, 3.63) is 29.8 Å². The summed E-state index contributed by atoms with van der Waals surface area (Å²) in [5, 5.41) is 8.68. The molecule has 1 saturated carbocycles. The Morgan fingerprint density at radius 2 is 1.83 bits per heavy atom. The molecule has 1 aromatic carbocycles. The lowest BCUT2D eigenvalue weighted by Crippen LogP contribution is -2.24. The molecular formula is C15H17NO2. The van der Waals surface area contributed by atoms with Gasteiger partial charge in [-0.05, 0) is 55.9 Å². The summed E-state index contributed by atoms with van der Waals surface area (Å²) >= 11 is 0. The molecule has 0 heterocycles. The van der Waals surface area contributed by atoms with Gasteiger partial charge >= 0.3 is 5.97 Å². The summed E-state index contributed by atoms with van der Waals surface area (Å²) < 4.78 is 5.34. The first-order chi connectivity index (χ1) is 8.69. The van der Waals surface area contributed by atoms with Crippen LogP contribution >= 0.6 is 0 Å². The lowest BCUT2D eigenvalue weighted by Gasteiger charge is -2.24. The molecule has 0 atom stereocenters. The molecule has 0 unspecified atom stereocenters. The van der Waals surface area contributed by atoms with E-state index in [2.05, 4.69) is 6.92 Å². The van der Waals surface area contributed by atoms with Gasteiger partial charge in [0.25, 0.3) is 0 Å². The van der Waals surface area contributed by atoms with Gasteiger partial charge in [-0.15, -0.1) is 0 Å². The van der Waals surface area contributed by atoms with Crippen molar-refractivity contribution in [1.82, 2.24) is 0 Å². The molecule has 1 aromatic rings. The third kappa shape index (κ3) is 3.10. The number of ether oxygens (including phenoxy) is 1. The minimum atomic E-state index is -0.133. The highest BCUT2D eigenvalue weighted by molar-refractivity contribution is 5.75. The number of nitriles is 1. The van der Waals surface area contributed by atoms with Gasteiger partial charge in [-0.3, -0.25) is 4.79 Å². The van der Waals surface area contributed by atoms with E-state index in [-0.39, 0.29) is 11.9 Å². The first kappa shape index (κ1) is 12.6. The fourth-order valence-electron chi connectivity index (χ4n) is 2.29. The van der Waals surface area contributed by atoms with E-state index in [1.807, 2.05) is 6.07 Å². The van der Waals surface area contributed by atoms with Gasteiger partial charge in [-0.1, -0.05) is 6.92 Å². The van der Waals surface area contributed by atoms with Crippen LogP contribution < -0.4 is 4.74 Å². The normalized spacial score (nSPS) is 23.1. The van der Waals surface area contributed by atoms with Gasteiger partial charge in [0, 0.05) is 0 Å². The molecule has 1 aliphatic rings. The second-order valence-electron chi connectivity index (χ2n) is 5.01. The second kappa shape index (κ2) is 5.68. The summed E-state index contributed by atoms with van der Waals surface area (Å²) in [6.07, 6.45) is 4.06. The summed E-state index contributed by atoms with van der Waals surface area (Å²) in [5.74, 6) is 1.16. The van der Waals surface area contributed by atoms with Crippen LogP contribution in [0.5, 0.6) is 5.75 Å². The van der Waals surface area contributed by atoms with Crippen LogP contribution in [0.4, 0.5) is 0 Å². The van der Waals surface area contributed by atoms with Crippen molar-refractivity contribution < 1.29 is 9.53 Å². The predicted molar refractivity (Wildman–Crippen MR) is 67.9 cm³/mol. The van der Waals surface area contributed by atoms with Crippen molar-refractivity contribution in [2.45, 2.75) is 32.6 Å². The molecule has 0 spiro atoms. The number of carbonyl (C=O) groups is 1. The molecule has 0 N–H and O–H groups in total. The van der Waals surface area contributed by atoms with E-state index >= 15 is 0 Å². The molecule has 3 heteroatoms. The van der Waals surface area contributed by atoms with Crippen molar-refractivity contribution >= 4 is 5.97 Å². The summed E-state index contributed by atoms with van der Waals surface area (Å²) in [6, 6.07) is 8.69. The van der Waals surface area contributed by atoms with Gasteiger partial charge < -0.3 is 4.74 Å². The van der Waals surface area contributed by atoms with Crippen molar-refractivity contribution in [3.63, 3.8) is 0 Å². The molecule has 0 saturated heterocycles. The molecule has 0 aromatic heterocycles. The molecule has 0 amide bonds. The SMILES string of the molecule is CC1CCC(C(=O)Oc2ccc(C#N)cc2)CC1. The van der Waals surface area contributed by atoms with E-state index in [4.69, 9.17) is 10.00 Å². The standard InChI is InChI=1S/C15H17NO2/c1-11-2-6-13(7-3-11)15(17)18-14-8-4-12(10-16)5-9-14/h4-5,8-9,11,13H,2-3,6-7H2,1H3. The van der Waals surface area contributed by atoms with Gasteiger partial charge in [0.15, 0.2) is 0 Å². The highest BCUT2D eigenvalue weighted by atomic mass is 16.5. The molecule has 3 nitrogen and oxygen atoms in total. The Labute approximate surface area is 107 Å². The zero-order valence-electron chi connectivity index (χ0n) is 10.6. The van der Waals surface area contributed by atoms with Gasteiger partial charge in [-0.25, -0.2) is 0 Å². The van der Waals surface area contributed by atoms with Crippen molar-refractivity contribution in [1.29, 1.82) is 5.26 Å². The van der Waals surface area contributed by atoms with E-state index < -0.39 is 0 Å². The molecule has 0 aliphatic heterocycles. The first-order valence-corrected chi connectivity index (χ1v) is 6.41. The number of hydrogen-bond acceptors (Lipinski definition) is 3. The van der Waals surface area contributed by atoms with Crippen LogP contribution in [0.15, 0.2) is 24.3 Å². The number of nitrogens with zero attached hydrogens (tertiary/aromatic N) is 1. The van der Waals surface area contributed by atoms with Crippen LogP contribution in [-0.4, -0.2) is 5.97 Å². The fourth-order valence-corrected chi connectivity index (χ4v) is 2.29. The van der Waals surface area contributed by atoms with Crippen molar-refractivity contribution in [2.24, 2.45) is 11.8 Å². The summed E-state index contributed by atoms with van der Waals surface area (Å²) in [7, 11) is 0. The molecule has 2 rings (SSSR count). The average Bonchev–Trinajstić information content (AvgIpc) is 2.40. The van der Waals surface area contributed by atoms with Gasteiger partial charge in [0.05, 0.1) is 17.6 Å². The van der Waals surface area contributed by atoms with Crippen LogP contribution in [0.3, 0.4) is 0 Å². The third-order valence-electron chi connectivity index (χ3n) is 3.55. The highest BCUT2D eigenvalue weighted by Crippen LogP contribution is 2.29. The molecular weight excluding hydrogens is 226 g/mol. The van der Waals surface area contributed by atoms with Crippen LogP contribution in [-0.2, 0) is 4.79 Å². The summed E-state index contributed by atoms with van der Waals surface area (Å²) in [6.45, 7) is 2.22. The van der Waals surface area contributed by atoms with E-state index in [0.29, 0.717) is 11.3 Å². The minimum absolute atomic E-state index is 0.0387. The van der Waals surface area contributed by atoms with E-state index in [1.165, 1.54) is 0 Å². The molecule has 0 radical (unpaired) electrons. The third-order valence-corrected chi connectivity index (χ3v) is 3.55. The fraction of sp³-hybridized carbons (Fsp3) is 0.467. The maximum Gasteiger partial charge on any atom is 0.314 e. The number of benzene rings is 1. The predicted octanol–water partition coefficient (Wildman–Crippen LogP) is 3.29. The van der Waals surface area contributed by atoms with E-state index in [1.54, 1.807) is 24.3 Å².